The smallest absolute Gasteiger partial charge is 0.282 e. The fourth-order valence-electron chi connectivity index (χ4n) is 3.33. The topological polar surface area (TPSA) is 69.6 Å². The summed E-state index contributed by atoms with van der Waals surface area (Å²) >= 11 is 6.10. The van der Waals surface area contributed by atoms with Crippen LogP contribution >= 0.6 is 11.6 Å². The highest BCUT2D eigenvalue weighted by Gasteiger charge is 2.16. The average molecular weight is 430 g/mol. The number of fused-ring (bicyclic) bond motifs is 2. The largest absolute Gasteiger partial charge is 0.497 e. The Morgan fingerprint density at radius 2 is 1.87 bits per heavy atom. The summed E-state index contributed by atoms with van der Waals surface area (Å²) in [7, 11) is 1.61. The molecule has 0 aliphatic rings. The molecule has 7 heteroatoms. The van der Waals surface area contributed by atoms with Gasteiger partial charge in [-0.25, -0.2) is 4.98 Å². The number of aromatic nitrogens is 2. The molecular weight excluding hydrogens is 414 g/mol. The molecule has 2 aromatic heterocycles. The highest BCUT2D eigenvalue weighted by molar-refractivity contribution is 6.31. The first-order valence-corrected chi connectivity index (χ1v) is 9.90. The Kier molecular flexibility index (Phi) is 4.76. The number of furan rings is 1. The third-order valence-corrected chi connectivity index (χ3v) is 5.13. The van der Waals surface area contributed by atoms with Crippen molar-refractivity contribution in [1.82, 2.24) is 9.66 Å². The van der Waals surface area contributed by atoms with E-state index in [4.69, 9.17) is 20.8 Å². The van der Waals surface area contributed by atoms with Crippen molar-refractivity contribution in [3.8, 4) is 17.3 Å². The van der Waals surface area contributed by atoms with Crippen LogP contribution < -0.4 is 10.3 Å². The zero-order chi connectivity index (χ0) is 21.4. The molecular formula is C24H16ClN3O3. The number of rotatable bonds is 4. The Bertz CT molecular complexity index is 1500. The molecule has 0 N–H and O–H groups in total. The summed E-state index contributed by atoms with van der Waals surface area (Å²) in [6.45, 7) is 0. The van der Waals surface area contributed by atoms with Crippen molar-refractivity contribution in [2.45, 2.75) is 0 Å². The number of hydrogen-bond donors (Lipinski definition) is 0. The molecule has 0 amide bonds. The van der Waals surface area contributed by atoms with E-state index < -0.39 is 0 Å². The van der Waals surface area contributed by atoms with E-state index in [1.807, 2.05) is 30.3 Å². The maximum absolute atomic E-state index is 13.2. The molecule has 0 saturated carbocycles. The van der Waals surface area contributed by atoms with E-state index in [9.17, 15) is 4.79 Å². The lowest BCUT2D eigenvalue weighted by Crippen LogP contribution is -2.20. The zero-order valence-electron chi connectivity index (χ0n) is 16.4. The van der Waals surface area contributed by atoms with Gasteiger partial charge in [0.15, 0.2) is 5.76 Å². The molecule has 0 radical (unpaired) electrons. The maximum atomic E-state index is 13.2. The molecule has 152 valence electrons. The number of ether oxygens (including phenoxy) is 1. The monoisotopic (exact) mass is 429 g/mol. The number of para-hydroxylation sites is 1. The molecule has 2 heterocycles. The molecule has 31 heavy (non-hydrogen) atoms. The molecule has 0 aliphatic heterocycles. The molecule has 5 rings (SSSR count). The van der Waals surface area contributed by atoms with Gasteiger partial charge in [-0.1, -0.05) is 23.7 Å². The normalized spacial score (nSPS) is 11.5. The van der Waals surface area contributed by atoms with Crippen LogP contribution in [0.3, 0.4) is 0 Å². The summed E-state index contributed by atoms with van der Waals surface area (Å²) in [4.78, 5) is 17.9. The van der Waals surface area contributed by atoms with E-state index in [1.54, 1.807) is 55.8 Å². The van der Waals surface area contributed by atoms with E-state index in [1.165, 1.54) is 4.68 Å². The van der Waals surface area contributed by atoms with Gasteiger partial charge in [-0.2, -0.15) is 9.78 Å². The average Bonchev–Trinajstić information content (AvgIpc) is 3.22. The number of hydrogen-bond acceptors (Lipinski definition) is 5. The first-order chi connectivity index (χ1) is 15.1. The van der Waals surface area contributed by atoms with Crippen molar-refractivity contribution in [1.29, 1.82) is 0 Å². The van der Waals surface area contributed by atoms with Crippen LogP contribution in [-0.4, -0.2) is 23.0 Å². The van der Waals surface area contributed by atoms with Gasteiger partial charge in [-0.15, -0.1) is 0 Å². The molecule has 0 saturated heterocycles. The summed E-state index contributed by atoms with van der Waals surface area (Å²) in [5.74, 6) is 1.47. The van der Waals surface area contributed by atoms with Crippen LogP contribution in [0.25, 0.3) is 33.5 Å². The van der Waals surface area contributed by atoms with E-state index in [-0.39, 0.29) is 5.56 Å². The van der Waals surface area contributed by atoms with E-state index in [0.29, 0.717) is 33.1 Å². The second-order valence-electron chi connectivity index (χ2n) is 6.88. The third-order valence-electron chi connectivity index (χ3n) is 4.89. The lowest BCUT2D eigenvalue weighted by Gasteiger charge is -2.07. The van der Waals surface area contributed by atoms with Gasteiger partial charge in [0.1, 0.15) is 11.3 Å². The Hall–Kier alpha value is -3.90. The Labute approximate surface area is 182 Å². The highest BCUT2D eigenvalue weighted by atomic mass is 35.5. The zero-order valence-corrected chi connectivity index (χ0v) is 17.2. The minimum absolute atomic E-state index is 0.288. The quantitative estimate of drug-likeness (QED) is 0.361. The second-order valence-corrected chi connectivity index (χ2v) is 7.32. The molecule has 6 nitrogen and oxygen atoms in total. The van der Waals surface area contributed by atoms with Gasteiger partial charge < -0.3 is 9.15 Å². The van der Waals surface area contributed by atoms with Crippen molar-refractivity contribution in [3.05, 3.63) is 93.7 Å². The molecule has 0 spiro atoms. The molecule has 0 unspecified atom stereocenters. The number of halogens is 1. The number of benzene rings is 3. The second kappa shape index (κ2) is 7.74. The molecule has 0 fully saturated rings. The molecule has 0 bridgehead atoms. The van der Waals surface area contributed by atoms with Crippen LogP contribution in [0.5, 0.6) is 5.75 Å². The fourth-order valence-corrected chi connectivity index (χ4v) is 3.51. The van der Waals surface area contributed by atoms with Crippen molar-refractivity contribution < 1.29 is 9.15 Å². The van der Waals surface area contributed by atoms with Crippen molar-refractivity contribution in [2.24, 2.45) is 5.10 Å². The van der Waals surface area contributed by atoms with Crippen LogP contribution in [0, 0.1) is 0 Å². The van der Waals surface area contributed by atoms with Crippen LogP contribution in [0.4, 0.5) is 0 Å². The number of methoxy groups -OCH3 is 1. The number of nitrogens with zero attached hydrogens (tertiary/aromatic N) is 3. The molecule has 5 aromatic rings. The van der Waals surface area contributed by atoms with Crippen molar-refractivity contribution in [2.75, 3.05) is 7.11 Å². The molecule has 3 aromatic carbocycles. The van der Waals surface area contributed by atoms with Gasteiger partial charge in [0.05, 0.1) is 24.2 Å². The first-order valence-electron chi connectivity index (χ1n) is 9.52. The van der Waals surface area contributed by atoms with Crippen molar-refractivity contribution in [3.63, 3.8) is 0 Å². The van der Waals surface area contributed by atoms with Crippen LogP contribution in [0.2, 0.25) is 5.02 Å². The predicted molar refractivity (Wildman–Crippen MR) is 122 cm³/mol. The standard InChI is InChI=1S/C24H16ClN3O3/c1-30-18-9-6-15(7-10-18)14-26-28-23(27-20-5-3-2-4-19(20)24(28)29)22-13-16-12-17(25)8-11-21(16)31-22/h2-14H,1H3. The summed E-state index contributed by atoms with van der Waals surface area (Å²) in [5, 5.41) is 6.32. The van der Waals surface area contributed by atoms with Gasteiger partial charge in [0.25, 0.3) is 5.56 Å². The summed E-state index contributed by atoms with van der Waals surface area (Å²) in [6.07, 6.45) is 1.60. The summed E-state index contributed by atoms with van der Waals surface area (Å²) in [5.41, 5.74) is 1.73. The molecule has 0 atom stereocenters. The molecule has 0 aliphatic carbocycles. The van der Waals surface area contributed by atoms with Crippen molar-refractivity contribution >= 4 is 39.7 Å². The van der Waals surface area contributed by atoms with Gasteiger partial charge in [-0.05, 0) is 66.2 Å². The highest BCUT2D eigenvalue weighted by Crippen LogP contribution is 2.29. The summed E-state index contributed by atoms with van der Waals surface area (Å²) < 4.78 is 12.4. The Morgan fingerprint density at radius 3 is 2.68 bits per heavy atom. The Morgan fingerprint density at radius 1 is 1.06 bits per heavy atom. The van der Waals surface area contributed by atoms with E-state index in [2.05, 4.69) is 10.1 Å². The van der Waals surface area contributed by atoms with Gasteiger partial charge in [0.2, 0.25) is 5.82 Å². The van der Waals surface area contributed by atoms with Crippen LogP contribution in [0.1, 0.15) is 5.56 Å². The summed E-state index contributed by atoms with van der Waals surface area (Å²) in [6, 6.07) is 21.6. The van der Waals surface area contributed by atoms with E-state index in [0.717, 1.165) is 16.7 Å². The van der Waals surface area contributed by atoms with Gasteiger partial charge in [0, 0.05) is 10.4 Å². The fraction of sp³-hybridized carbons (Fsp3) is 0.0417. The SMILES string of the molecule is COc1ccc(C=Nn2c(-c3cc4cc(Cl)ccc4o3)nc3ccccc3c2=O)cc1. The predicted octanol–water partition coefficient (Wildman–Crippen LogP) is 5.35. The first kappa shape index (κ1) is 19.1. The maximum Gasteiger partial charge on any atom is 0.282 e. The van der Waals surface area contributed by atoms with E-state index >= 15 is 0 Å². The minimum atomic E-state index is -0.288. The Balaban J connectivity index is 1.70. The van der Waals surface area contributed by atoms with Gasteiger partial charge >= 0.3 is 0 Å². The third kappa shape index (κ3) is 3.58. The van der Waals surface area contributed by atoms with Crippen LogP contribution in [0.15, 0.2) is 87.1 Å². The van der Waals surface area contributed by atoms with Gasteiger partial charge in [-0.3, -0.25) is 4.79 Å². The lowest BCUT2D eigenvalue weighted by atomic mass is 10.2. The lowest BCUT2D eigenvalue weighted by molar-refractivity contribution is 0.415. The minimum Gasteiger partial charge on any atom is -0.497 e. The van der Waals surface area contributed by atoms with Crippen LogP contribution in [-0.2, 0) is 0 Å².